The summed E-state index contributed by atoms with van der Waals surface area (Å²) in [5.41, 5.74) is 1.95. The molecule has 1 amide bonds. The first kappa shape index (κ1) is 18.9. The fraction of sp³-hybridized carbons (Fsp3) is 0.263. The van der Waals surface area contributed by atoms with Crippen LogP contribution in [0.2, 0.25) is 0 Å². The van der Waals surface area contributed by atoms with Gasteiger partial charge in [0.05, 0.1) is 21.9 Å². The predicted molar refractivity (Wildman–Crippen MR) is 109 cm³/mol. The normalized spacial score (nSPS) is 16.3. The molecule has 1 aromatic carbocycles. The molecule has 1 N–H and O–H groups in total. The number of sulfonamides is 1. The number of hydrogen-bond acceptors (Lipinski definition) is 5. The SMILES string of the molecule is O=C(NCCN1CCCS1(=O)=O)c1cn(-c2ccccc2)nc1-c1cccs1. The van der Waals surface area contributed by atoms with Crippen LogP contribution < -0.4 is 5.32 Å². The molecule has 4 rings (SSSR count). The van der Waals surface area contributed by atoms with Crippen LogP contribution in [0, 0.1) is 0 Å². The Bertz CT molecular complexity index is 1060. The Morgan fingerprint density at radius 3 is 2.68 bits per heavy atom. The molecule has 3 heterocycles. The Hall–Kier alpha value is -2.49. The Morgan fingerprint density at radius 2 is 2.00 bits per heavy atom. The maximum Gasteiger partial charge on any atom is 0.255 e. The molecule has 7 nitrogen and oxygen atoms in total. The minimum atomic E-state index is -3.16. The highest BCUT2D eigenvalue weighted by molar-refractivity contribution is 7.89. The second kappa shape index (κ2) is 7.86. The van der Waals surface area contributed by atoms with E-state index >= 15 is 0 Å². The standard InChI is InChI=1S/C19H20N4O3S2/c24-19(20-9-11-22-10-5-13-28(22,25)26)16-14-23(15-6-2-1-3-7-15)21-18(16)17-8-4-12-27-17/h1-4,6-8,12,14H,5,9-11,13H2,(H,20,24). The van der Waals surface area contributed by atoms with Crippen LogP contribution in [-0.2, 0) is 10.0 Å². The van der Waals surface area contributed by atoms with Crippen molar-refractivity contribution in [2.45, 2.75) is 6.42 Å². The molecule has 0 atom stereocenters. The number of carbonyl (C=O) groups excluding carboxylic acids is 1. The van der Waals surface area contributed by atoms with Crippen molar-refractivity contribution in [2.24, 2.45) is 0 Å². The van der Waals surface area contributed by atoms with Crippen LogP contribution in [0.4, 0.5) is 0 Å². The Labute approximate surface area is 167 Å². The van der Waals surface area contributed by atoms with Crippen molar-refractivity contribution >= 4 is 27.3 Å². The maximum atomic E-state index is 12.8. The third kappa shape index (κ3) is 3.87. The van der Waals surface area contributed by atoms with Crippen LogP contribution >= 0.6 is 11.3 Å². The summed E-state index contributed by atoms with van der Waals surface area (Å²) in [6.45, 7) is 1.07. The van der Waals surface area contributed by atoms with Crippen molar-refractivity contribution in [2.75, 3.05) is 25.4 Å². The van der Waals surface area contributed by atoms with Gasteiger partial charge in [-0.2, -0.15) is 5.10 Å². The lowest BCUT2D eigenvalue weighted by Crippen LogP contribution is -2.35. The largest absolute Gasteiger partial charge is 0.351 e. The molecule has 0 bridgehead atoms. The Morgan fingerprint density at radius 1 is 1.18 bits per heavy atom. The van der Waals surface area contributed by atoms with E-state index < -0.39 is 10.0 Å². The van der Waals surface area contributed by atoms with Crippen molar-refractivity contribution < 1.29 is 13.2 Å². The molecule has 0 unspecified atom stereocenters. The lowest BCUT2D eigenvalue weighted by atomic mass is 10.2. The van der Waals surface area contributed by atoms with Gasteiger partial charge in [0.15, 0.2) is 0 Å². The zero-order chi connectivity index (χ0) is 19.6. The van der Waals surface area contributed by atoms with Crippen LogP contribution in [0.5, 0.6) is 0 Å². The first-order valence-corrected chi connectivity index (χ1v) is 11.5. The highest BCUT2D eigenvalue weighted by atomic mass is 32.2. The fourth-order valence-electron chi connectivity index (χ4n) is 3.18. The fourth-order valence-corrected chi connectivity index (χ4v) is 5.43. The number of para-hydroxylation sites is 1. The summed E-state index contributed by atoms with van der Waals surface area (Å²) >= 11 is 1.52. The van der Waals surface area contributed by atoms with Gasteiger partial charge in [0.2, 0.25) is 10.0 Å². The number of aromatic nitrogens is 2. The topological polar surface area (TPSA) is 84.3 Å². The van der Waals surface area contributed by atoms with E-state index in [2.05, 4.69) is 10.4 Å². The third-order valence-electron chi connectivity index (χ3n) is 4.58. The quantitative estimate of drug-likeness (QED) is 0.669. The summed E-state index contributed by atoms with van der Waals surface area (Å²) in [5, 5.41) is 9.39. The monoisotopic (exact) mass is 416 g/mol. The molecule has 146 valence electrons. The van der Waals surface area contributed by atoms with Gasteiger partial charge < -0.3 is 5.32 Å². The van der Waals surface area contributed by atoms with Gasteiger partial charge in [-0.3, -0.25) is 4.79 Å². The zero-order valence-corrected chi connectivity index (χ0v) is 16.7. The molecule has 1 saturated heterocycles. The molecule has 28 heavy (non-hydrogen) atoms. The van der Waals surface area contributed by atoms with E-state index in [9.17, 15) is 13.2 Å². The molecule has 0 radical (unpaired) electrons. The van der Waals surface area contributed by atoms with Gasteiger partial charge in [0.1, 0.15) is 5.69 Å². The molecule has 1 aliphatic rings. The van der Waals surface area contributed by atoms with Gasteiger partial charge in [0.25, 0.3) is 5.91 Å². The van der Waals surface area contributed by atoms with Crippen molar-refractivity contribution in [3.8, 4) is 16.3 Å². The lowest BCUT2D eigenvalue weighted by molar-refractivity contribution is 0.0952. The minimum absolute atomic E-state index is 0.188. The van der Waals surface area contributed by atoms with Crippen LogP contribution in [0.1, 0.15) is 16.8 Å². The van der Waals surface area contributed by atoms with Crippen LogP contribution in [0.3, 0.4) is 0 Å². The second-order valence-electron chi connectivity index (χ2n) is 6.47. The minimum Gasteiger partial charge on any atom is -0.351 e. The van der Waals surface area contributed by atoms with E-state index in [0.29, 0.717) is 24.2 Å². The van der Waals surface area contributed by atoms with Crippen LogP contribution in [0.15, 0.2) is 54.0 Å². The van der Waals surface area contributed by atoms with Crippen molar-refractivity contribution in [3.63, 3.8) is 0 Å². The third-order valence-corrected chi connectivity index (χ3v) is 7.42. The van der Waals surface area contributed by atoms with Crippen molar-refractivity contribution in [1.29, 1.82) is 0 Å². The van der Waals surface area contributed by atoms with Crippen molar-refractivity contribution in [1.82, 2.24) is 19.4 Å². The number of hydrogen-bond donors (Lipinski definition) is 1. The van der Waals surface area contributed by atoms with Gasteiger partial charge >= 0.3 is 0 Å². The second-order valence-corrected chi connectivity index (χ2v) is 9.51. The number of amides is 1. The maximum absolute atomic E-state index is 12.8. The molecule has 3 aromatic rings. The molecule has 9 heteroatoms. The summed E-state index contributed by atoms with van der Waals surface area (Å²) in [6.07, 6.45) is 2.36. The number of carbonyl (C=O) groups is 1. The van der Waals surface area contributed by atoms with E-state index in [1.165, 1.54) is 15.6 Å². The molecule has 0 spiro atoms. The molecule has 1 fully saturated rings. The molecular formula is C19H20N4O3S2. The average molecular weight is 417 g/mol. The van der Waals surface area contributed by atoms with E-state index in [1.807, 2.05) is 47.8 Å². The van der Waals surface area contributed by atoms with Gasteiger partial charge in [-0.15, -0.1) is 11.3 Å². The summed E-state index contributed by atoms with van der Waals surface area (Å²) < 4.78 is 26.9. The number of rotatable bonds is 6. The van der Waals surface area contributed by atoms with Crippen molar-refractivity contribution in [3.05, 3.63) is 59.6 Å². The summed E-state index contributed by atoms with van der Waals surface area (Å²) in [7, 11) is -3.16. The van der Waals surface area contributed by atoms with Gasteiger partial charge in [-0.1, -0.05) is 24.3 Å². The van der Waals surface area contributed by atoms with Gasteiger partial charge in [-0.05, 0) is 30.0 Å². The molecular weight excluding hydrogens is 396 g/mol. The highest BCUT2D eigenvalue weighted by Crippen LogP contribution is 2.27. The average Bonchev–Trinajstić information content (AvgIpc) is 3.42. The van der Waals surface area contributed by atoms with Crippen LogP contribution in [0.25, 0.3) is 16.3 Å². The van der Waals surface area contributed by atoms with E-state index in [0.717, 1.165) is 10.6 Å². The first-order valence-electron chi connectivity index (χ1n) is 8.99. The Balaban J connectivity index is 1.54. The summed E-state index contributed by atoms with van der Waals surface area (Å²) in [4.78, 5) is 13.7. The molecule has 2 aromatic heterocycles. The molecule has 1 aliphatic heterocycles. The zero-order valence-electron chi connectivity index (χ0n) is 15.1. The van der Waals surface area contributed by atoms with E-state index in [-0.39, 0.29) is 24.7 Å². The van der Waals surface area contributed by atoms with Crippen LogP contribution in [-0.4, -0.2) is 53.8 Å². The Kier molecular flexibility index (Phi) is 5.29. The number of benzene rings is 1. The summed E-state index contributed by atoms with van der Waals surface area (Å²) in [6, 6.07) is 13.4. The smallest absolute Gasteiger partial charge is 0.255 e. The van der Waals surface area contributed by atoms with E-state index in [1.54, 1.807) is 10.9 Å². The van der Waals surface area contributed by atoms with Gasteiger partial charge in [0, 0.05) is 25.8 Å². The predicted octanol–water partition coefficient (Wildman–Crippen LogP) is 2.37. The number of nitrogens with one attached hydrogen (secondary N) is 1. The van der Waals surface area contributed by atoms with Gasteiger partial charge in [-0.25, -0.2) is 17.4 Å². The lowest BCUT2D eigenvalue weighted by Gasteiger charge is -2.14. The first-order chi connectivity index (χ1) is 13.5. The number of nitrogens with zero attached hydrogens (tertiary/aromatic N) is 3. The molecule has 0 saturated carbocycles. The number of thiophene rings is 1. The molecule has 0 aliphatic carbocycles. The highest BCUT2D eigenvalue weighted by Gasteiger charge is 2.28. The summed E-state index contributed by atoms with van der Waals surface area (Å²) in [5.74, 6) is -0.0741. The van der Waals surface area contributed by atoms with E-state index in [4.69, 9.17) is 0 Å².